The van der Waals surface area contributed by atoms with Crippen LogP contribution < -0.4 is 5.32 Å². The van der Waals surface area contributed by atoms with Gasteiger partial charge in [-0.1, -0.05) is 6.07 Å². The third kappa shape index (κ3) is 4.20. The maximum absolute atomic E-state index is 12.5. The lowest BCUT2D eigenvalue weighted by Crippen LogP contribution is -2.25. The van der Waals surface area contributed by atoms with Crippen LogP contribution in [-0.4, -0.2) is 26.8 Å². The van der Waals surface area contributed by atoms with Crippen molar-refractivity contribution in [3.63, 3.8) is 0 Å². The number of carbonyl (C=O) groups excluding carboxylic acids is 1. The van der Waals surface area contributed by atoms with E-state index in [-0.39, 0.29) is 5.91 Å². The Labute approximate surface area is 152 Å². The third-order valence-electron chi connectivity index (χ3n) is 4.40. The minimum Gasteiger partial charge on any atom is -0.352 e. The highest BCUT2D eigenvalue weighted by Crippen LogP contribution is 2.19. The minimum atomic E-state index is 0.0108. The second-order valence-corrected chi connectivity index (χ2v) is 7.36. The average Bonchev–Trinajstić information content (AvgIpc) is 3.30. The summed E-state index contributed by atoms with van der Waals surface area (Å²) in [6.45, 7) is 5.57. The van der Waals surface area contributed by atoms with E-state index in [9.17, 15) is 4.79 Å². The summed E-state index contributed by atoms with van der Waals surface area (Å²) in [6.07, 6.45) is 5.72. The van der Waals surface area contributed by atoms with E-state index >= 15 is 0 Å². The molecule has 0 saturated heterocycles. The van der Waals surface area contributed by atoms with Crippen molar-refractivity contribution < 1.29 is 4.79 Å². The van der Waals surface area contributed by atoms with Crippen LogP contribution in [0.3, 0.4) is 0 Å². The second kappa shape index (κ2) is 7.70. The molecule has 3 aromatic heterocycles. The Bertz CT molecular complexity index is 845. The zero-order valence-corrected chi connectivity index (χ0v) is 15.8. The Morgan fingerprint density at radius 2 is 2.20 bits per heavy atom. The lowest BCUT2D eigenvalue weighted by Gasteiger charge is -2.09. The number of nitrogens with one attached hydrogen (secondary N) is 1. The quantitative estimate of drug-likeness (QED) is 0.660. The molecule has 0 fully saturated rings. The summed E-state index contributed by atoms with van der Waals surface area (Å²) < 4.78 is 4.01. The first-order chi connectivity index (χ1) is 12.0. The normalized spacial score (nSPS) is 11.0. The van der Waals surface area contributed by atoms with E-state index in [0.29, 0.717) is 6.54 Å². The SMILES string of the molecule is Cc1cc(C(=O)NCCCc2cnn(C)c2)c(C)n1Cc1cccs1. The number of carbonyl (C=O) groups is 1. The predicted octanol–water partition coefficient (Wildman–Crippen LogP) is 3.31. The van der Waals surface area contributed by atoms with Crippen molar-refractivity contribution in [2.45, 2.75) is 33.2 Å². The van der Waals surface area contributed by atoms with Crippen LogP contribution >= 0.6 is 11.3 Å². The number of aryl methyl sites for hydroxylation is 3. The van der Waals surface area contributed by atoms with E-state index in [4.69, 9.17) is 0 Å². The van der Waals surface area contributed by atoms with Crippen molar-refractivity contribution in [1.29, 1.82) is 0 Å². The Morgan fingerprint density at radius 1 is 1.36 bits per heavy atom. The Morgan fingerprint density at radius 3 is 2.88 bits per heavy atom. The van der Waals surface area contributed by atoms with Crippen LogP contribution in [0, 0.1) is 13.8 Å². The largest absolute Gasteiger partial charge is 0.352 e. The molecule has 3 rings (SSSR count). The number of nitrogens with zero attached hydrogens (tertiary/aromatic N) is 3. The molecule has 0 aliphatic carbocycles. The molecular weight excluding hydrogens is 332 g/mol. The van der Waals surface area contributed by atoms with Gasteiger partial charge in [0.05, 0.1) is 18.3 Å². The van der Waals surface area contributed by atoms with E-state index in [0.717, 1.165) is 36.3 Å². The molecule has 5 nitrogen and oxygen atoms in total. The molecule has 6 heteroatoms. The zero-order valence-electron chi connectivity index (χ0n) is 15.0. The molecule has 3 aromatic rings. The molecular formula is C19H24N4OS. The smallest absolute Gasteiger partial charge is 0.253 e. The highest BCUT2D eigenvalue weighted by Gasteiger charge is 2.15. The summed E-state index contributed by atoms with van der Waals surface area (Å²) in [5.74, 6) is 0.0108. The molecule has 3 heterocycles. The maximum atomic E-state index is 12.5. The van der Waals surface area contributed by atoms with Crippen molar-refractivity contribution >= 4 is 17.2 Å². The van der Waals surface area contributed by atoms with Crippen molar-refractivity contribution in [1.82, 2.24) is 19.7 Å². The summed E-state index contributed by atoms with van der Waals surface area (Å²) in [4.78, 5) is 13.8. The molecule has 0 spiro atoms. The van der Waals surface area contributed by atoms with Gasteiger partial charge in [0.15, 0.2) is 0 Å². The molecule has 0 aliphatic rings. The molecule has 0 saturated carbocycles. The van der Waals surface area contributed by atoms with Gasteiger partial charge >= 0.3 is 0 Å². The van der Waals surface area contributed by atoms with Crippen LogP contribution in [-0.2, 0) is 20.0 Å². The summed E-state index contributed by atoms with van der Waals surface area (Å²) >= 11 is 1.74. The van der Waals surface area contributed by atoms with Gasteiger partial charge in [0.25, 0.3) is 5.91 Å². The summed E-state index contributed by atoms with van der Waals surface area (Å²) in [5.41, 5.74) is 4.11. The number of amides is 1. The lowest BCUT2D eigenvalue weighted by molar-refractivity contribution is 0.0952. The number of rotatable bonds is 7. The molecule has 132 valence electrons. The van der Waals surface area contributed by atoms with Gasteiger partial charge in [-0.3, -0.25) is 9.48 Å². The van der Waals surface area contributed by atoms with Crippen LogP contribution in [0.5, 0.6) is 0 Å². The fourth-order valence-electron chi connectivity index (χ4n) is 3.02. The molecule has 25 heavy (non-hydrogen) atoms. The van der Waals surface area contributed by atoms with Crippen LogP contribution in [0.4, 0.5) is 0 Å². The Hall–Kier alpha value is -2.34. The standard InChI is InChI=1S/C19H24N4OS/c1-14-10-18(15(2)23(14)13-17-7-5-9-25-17)19(24)20-8-4-6-16-11-21-22(3)12-16/h5,7,9-12H,4,6,8,13H2,1-3H3,(H,20,24). The summed E-state index contributed by atoms with van der Waals surface area (Å²) in [7, 11) is 1.91. The van der Waals surface area contributed by atoms with E-state index in [1.54, 1.807) is 16.0 Å². The number of hydrogen-bond donors (Lipinski definition) is 1. The summed E-state index contributed by atoms with van der Waals surface area (Å²) in [6, 6.07) is 6.17. The van der Waals surface area contributed by atoms with Gasteiger partial charge in [0.2, 0.25) is 0 Å². The molecule has 0 atom stereocenters. The summed E-state index contributed by atoms with van der Waals surface area (Å²) in [5, 5.41) is 9.28. The topological polar surface area (TPSA) is 51.9 Å². The molecule has 1 amide bonds. The first-order valence-electron chi connectivity index (χ1n) is 8.49. The minimum absolute atomic E-state index is 0.0108. The van der Waals surface area contributed by atoms with Crippen molar-refractivity contribution in [2.24, 2.45) is 7.05 Å². The van der Waals surface area contributed by atoms with E-state index in [2.05, 4.69) is 39.4 Å². The molecule has 0 radical (unpaired) electrons. The van der Waals surface area contributed by atoms with Crippen molar-refractivity contribution in [2.75, 3.05) is 6.54 Å². The molecule has 0 unspecified atom stereocenters. The van der Waals surface area contributed by atoms with Gasteiger partial charge in [0, 0.05) is 36.1 Å². The highest BCUT2D eigenvalue weighted by molar-refractivity contribution is 7.09. The van der Waals surface area contributed by atoms with Gasteiger partial charge in [-0.2, -0.15) is 5.10 Å². The molecule has 1 N–H and O–H groups in total. The van der Waals surface area contributed by atoms with Gasteiger partial charge in [-0.25, -0.2) is 0 Å². The van der Waals surface area contributed by atoms with Gasteiger partial charge < -0.3 is 9.88 Å². The van der Waals surface area contributed by atoms with Crippen molar-refractivity contribution in [3.8, 4) is 0 Å². The molecule has 0 aromatic carbocycles. The first kappa shape index (κ1) is 17.5. The molecule has 0 aliphatic heterocycles. The van der Waals surface area contributed by atoms with Crippen LogP contribution in [0.1, 0.15) is 38.6 Å². The average molecular weight is 356 g/mol. The number of hydrogen-bond acceptors (Lipinski definition) is 3. The maximum Gasteiger partial charge on any atom is 0.253 e. The monoisotopic (exact) mass is 356 g/mol. The van der Waals surface area contributed by atoms with E-state index < -0.39 is 0 Å². The highest BCUT2D eigenvalue weighted by atomic mass is 32.1. The Balaban J connectivity index is 1.56. The number of aromatic nitrogens is 3. The van der Waals surface area contributed by atoms with Gasteiger partial charge in [0.1, 0.15) is 0 Å². The van der Waals surface area contributed by atoms with E-state index in [1.165, 1.54) is 10.4 Å². The van der Waals surface area contributed by atoms with Crippen molar-refractivity contribution in [3.05, 3.63) is 63.4 Å². The third-order valence-corrected chi connectivity index (χ3v) is 5.26. The van der Waals surface area contributed by atoms with Crippen LogP contribution in [0.15, 0.2) is 36.0 Å². The van der Waals surface area contributed by atoms with Gasteiger partial charge in [-0.15, -0.1) is 11.3 Å². The van der Waals surface area contributed by atoms with Gasteiger partial charge in [-0.05, 0) is 49.8 Å². The van der Waals surface area contributed by atoms with E-state index in [1.807, 2.05) is 32.4 Å². The lowest BCUT2D eigenvalue weighted by atomic mass is 10.2. The molecule has 0 bridgehead atoms. The zero-order chi connectivity index (χ0) is 17.8. The first-order valence-corrected chi connectivity index (χ1v) is 9.37. The predicted molar refractivity (Wildman–Crippen MR) is 101 cm³/mol. The second-order valence-electron chi connectivity index (χ2n) is 6.33. The Kier molecular flexibility index (Phi) is 5.38. The van der Waals surface area contributed by atoms with Crippen LogP contribution in [0.2, 0.25) is 0 Å². The van der Waals surface area contributed by atoms with Crippen LogP contribution in [0.25, 0.3) is 0 Å². The number of thiophene rings is 1. The fraction of sp³-hybridized carbons (Fsp3) is 0.368. The fourth-order valence-corrected chi connectivity index (χ4v) is 3.72.